The van der Waals surface area contributed by atoms with Crippen molar-refractivity contribution in [1.29, 1.82) is 5.26 Å². The van der Waals surface area contributed by atoms with Crippen molar-refractivity contribution in [2.75, 3.05) is 6.61 Å². The minimum atomic E-state index is -4.57. The van der Waals surface area contributed by atoms with Gasteiger partial charge in [0.1, 0.15) is 11.5 Å². The summed E-state index contributed by atoms with van der Waals surface area (Å²) in [5.41, 5.74) is -0.865. The summed E-state index contributed by atoms with van der Waals surface area (Å²) in [6.45, 7) is 12.3. The van der Waals surface area contributed by atoms with Crippen LogP contribution in [0.5, 0.6) is 5.75 Å². The monoisotopic (exact) mass is 436 g/mol. The van der Waals surface area contributed by atoms with Crippen LogP contribution in [0.15, 0.2) is 38.8 Å². The number of amidine groups is 1. The van der Waals surface area contributed by atoms with E-state index in [1.54, 1.807) is 23.9 Å². The Kier molecular flexibility index (Phi) is 7.37. The Morgan fingerprint density at radius 2 is 1.90 bits per heavy atom. The molecule has 0 atom stereocenters. The predicted molar refractivity (Wildman–Crippen MR) is 111 cm³/mol. The van der Waals surface area contributed by atoms with Gasteiger partial charge in [0, 0.05) is 11.5 Å². The van der Waals surface area contributed by atoms with E-state index in [2.05, 4.69) is 9.98 Å². The van der Waals surface area contributed by atoms with Gasteiger partial charge in [0.25, 0.3) is 0 Å². The van der Waals surface area contributed by atoms with Crippen LogP contribution in [0.4, 0.5) is 13.2 Å². The number of aromatic nitrogens is 1. The SMILES string of the molecule is CCOc1ccc(C(F)(F)F)cc1C(=N\C#N)/N=c1\cc(C(C)(C)C)on1CC(C)C. The number of ether oxygens (including phenoxy) is 1. The summed E-state index contributed by atoms with van der Waals surface area (Å²) < 4.78 is 52.9. The molecule has 0 spiro atoms. The molecule has 6 nitrogen and oxygen atoms in total. The highest BCUT2D eigenvalue weighted by atomic mass is 19.4. The first-order chi connectivity index (χ1) is 14.4. The zero-order chi connectivity index (χ0) is 23.4. The summed E-state index contributed by atoms with van der Waals surface area (Å²) in [6.07, 6.45) is -2.94. The molecule has 0 N–H and O–H groups in total. The maximum atomic E-state index is 13.3. The van der Waals surface area contributed by atoms with Gasteiger partial charge in [-0.15, -0.1) is 0 Å². The van der Waals surface area contributed by atoms with Crippen LogP contribution in [0.2, 0.25) is 0 Å². The van der Waals surface area contributed by atoms with Crippen LogP contribution in [-0.4, -0.2) is 17.2 Å². The third-order valence-electron chi connectivity index (χ3n) is 4.22. The molecule has 0 saturated heterocycles. The summed E-state index contributed by atoms with van der Waals surface area (Å²) in [5, 5.41) is 9.18. The van der Waals surface area contributed by atoms with Gasteiger partial charge in [0.15, 0.2) is 11.3 Å². The van der Waals surface area contributed by atoms with Crippen molar-refractivity contribution in [1.82, 2.24) is 4.74 Å². The molecule has 0 bridgehead atoms. The number of benzene rings is 1. The molecule has 9 heteroatoms. The van der Waals surface area contributed by atoms with Crippen molar-refractivity contribution in [3.63, 3.8) is 0 Å². The molecule has 1 aromatic carbocycles. The molecule has 2 rings (SSSR count). The summed E-state index contributed by atoms with van der Waals surface area (Å²) >= 11 is 0. The number of hydrogen-bond donors (Lipinski definition) is 0. The first-order valence-corrected chi connectivity index (χ1v) is 9.94. The minimum Gasteiger partial charge on any atom is -0.493 e. The second-order valence-corrected chi connectivity index (χ2v) is 8.45. The smallest absolute Gasteiger partial charge is 0.416 e. The van der Waals surface area contributed by atoms with Crippen molar-refractivity contribution >= 4 is 5.84 Å². The quantitative estimate of drug-likeness (QED) is 0.363. The molecular weight excluding hydrogens is 409 g/mol. The highest BCUT2D eigenvalue weighted by Gasteiger charge is 2.32. The van der Waals surface area contributed by atoms with E-state index in [1.807, 2.05) is 34.6 Å². The normalized spacial score (nSPS) is 13.6. The summed E-state index contributed by atoms with van der Waals surface area (Å²) in [6, 6.07) is 4.74. The molecule has 0 aliphatic carbocycles. The van der Waals surface area contributed by atoms with Crippen molar-refractivity contribution in [2.24, 2.45) is 15.9 Å². The van der Waals surface area contributed by atoms with E-state index in [-0.39, 0.29) is 35.1 Å². The van der Waals surface area contributed by atoms with E-state index in [0.717, 1.165) is 12.1 Å². The number of hydrogen-bond acceptors (Lipinski definition) is 4. The van der Waals surface area contributed by atoms with Crippen molar-refractivity contribution in [2.45, 2.75) is 59.7 Å². The average Bonchev–Trinajstić information content (AvgIpc) is 3.03. The summed E-state index contributed by atoms with van der Waals surface area (Å²) in [5.74, 6) is 0.845. The van der Waals surface area contributed by atoms with Crippen molar-refractivity contribution in [3.8, 4) is 11.9 Å². The number of aliphatic imine (C=N–C) groups is 1. The van der Waals surface area contributed by atoms with Crippen LogP contribution in [0.1, 0.15) is 58.4 Å². The van der Waals surface area contributed by atoms with Crippen molar-refractivity contribution in [3.05, 3.63) is 46.6 Å². The van der Waals surface area contributed by atoms with Gasteiger partial charge in [-0.2, -0.15) is 28.2 Å². The zero-order valence-electron chi connectivity index (χ0n) is 18.5. The lowest BCUT2D eigenvalue weighted by Crippen LogP contribution is -2.21. The lowest BCUT2D eigenvalue weighted by molar-refractivity contribution is -0.137. The van der Waals surface area contributed by atoms with Gasteiger partial charge in [-0.05, 0) is 31.0 Å². The number of nitriles is 1. The maximum absolute atomic E-state index is 13.3. The molecule has 0 radical (unpaired) electrons. The number of alkyl halides is 3. The number of nitrogens with zero attached hydrogens (tertiary/aromatic N) is 4. The third-order valence-corrected chi connectivity index (χ3v) is 4.22. The molecule has 0 amide bonds. The molecule has 0 fully saturated rings. The lowest BCUT2D eigenvalue weighted by atomic mass is 9.94. The topological polar surface area (TPSA) is 75.8 Å². The van der Waals surface area contributed by atoms with Crippen LogP contribution in [0.3, 0.4) is 0 Å². The van der Waals surface area contributed by atoms with Gasteiger partial charge in [-0.1, -0.05) is 34.6 Å². The molecule has 168 valence electrons. The summed E-state index contributed by atoms with van der Waals surface area (Å²) in [7, 11) is 0. The maximum Gasteiger partial charge on any atom is 0.416 e. The number of halogens is 3. The molecule has 31 heavy (non-hydrogen) atoms. The van der Waals surface area contributed by atoms with Crippen molar-refractivity contribution < 1.29 is 22.4 Å². The van der Waals surface area contributed by atoms with Gasteiger partial charge >= 0.3 is 6.18 Å². The fourth-order valence-corrected chi connectivity index (χ4v) is 2.75. The Labute approximate surface area is 179 Å². The molecule has 0 saturated carbocycles. The van der Waals surface area contributed by atoms with E-state index in [4.69, 9.17) is 9.26 Å². The third kappa shape index (κ3) is 6.23. The molecule has 2 aromatic rings. The predicted octanol–water partition coefficient (Wildman–Crippen LogP) is 5.28. The van der Waals surface area contributed by atoms with Gasteiger partial charge in [0.2, 0.25) is 6.19 Å². The van der Waals surface area contributed by atoms with Crippen LogP contribution in [-0.2, 0) is 18.1 Å². The highest BCUT2D eigenvalue weighted by Crippen LogP contribution is 2.33. The van der Waals surface area contributed by atoms with E-state index >= 15 is 0 Å². The Balaban J connectivity index is 2.76. The lowest BCUT2D eigenvalue weighted by Gasteiger charge is -2.13. The first-order valence-electron chi connectivity index (χ1n) is 9.94. The van der Waals surface area contributed by atoms with Gasteiger partial charge < -0.3 is 9.26 Å². The van der Waals surface area contributed by atoms with Crippen LogP contribution in [0.25, 0.3) is 0 Å². The second kappa shape index (κ2) is 9.41. The molecule has 0 aliphatic rings. The molecule has 0 aliphatic heterocycles. The van der Waals surface area contributed by atoms with E-state index in [9.17, 15) is 18.4 Å². The largest absolute Gasteiger partial charge is 0.493 e. The Bertz CT molecular complexity index is 1050. The molecular formula is C22H27F3N4O2. The fourth-order valence-electron chi connectivity index (χ4n) is 2.75. The van der Waals surface area contributed by atoms with Gasteiger partial charge in [0.05, 0.1) is 24.3 Å². The molecule has 1 heterocycles. The average molecular weight is 436 g/mol. The van der Waals surface area contributed by atoms with Crippen LogP contribution < -0.4 is 10.2 Å². The Morgan fingerprint density at radius 3 is 2.42 bits per heavy atom. The first kappa shape index (κ1) is 24.3. The molecule has 0 unspecified atom stereocenters. The zero-order valence-corrected chi connectivity index (χ0v) is 18.5. The van der Waals surface area contributed by atoms with Gasteiger partial charge in [-0.25, -0.2) is 4.99 Å². The Hall–Kier alpha value is -3.02. The van der Waals surface area contributed by atoms with E-state index < -0.39 is 11.7 Å². The fraction of sp³-hybridized carbons (Fsp3) is 0.500. The molecule has 1 aromatic heterocycles. The van der Waals surface area contributed by atoms with E-state index in [1.165, 1.54) is 6.07 Å². The van der Waals surface area contributed by atoms with Crippen LogP contribution >= 0.6 is 0 Å². The Morgan fingerprint density at radius 1 is 1.23 bits per heavy atom. The van der Waals surface area contributed by atoms with Crippen LogP contribution in [0, 0.1) is 17.4 Å². The van der Waals surface area contributed by atoms with E-state index in [0.29, 0.717) is 17.8 Å². The standard InChI is InChI=1S/C22H27F3N4O2/c1-7-30-17-9-8-15(22(23,24)25)10-16(17)20(27-13-26)28-19-11-18(21(4,5)6)31-29(19)12-14(2)3/h8-11,14H,7,12H2,1-6H3/b27-20+,28-19+. The second-order valence-electron chi connectivity index (χ2n) is 8.45. The minimum absolute atomic E-state index is 0.0205. The van der Waals surface area contributed by atoms with Gasteiger partial charge in [-0.3, -0.25) is 0 Å². The number of rotatable bonds is 5. The highest BCUT2D eigenvalue weighted by molar-refractivity contribution is 6.02. The summed E-state index contributed by atoms with van der Waals surface area (Å²) in [4.78, 5) is 8.12.